The number of aryl methyl sites for hydroxylation is 1. The summed E-state index contributed by atoms with van der Waals surface area (Å²) in [5.74, 6) is 0.296. The first kappa shape index (κ1) is 30.9. The van der Waals surface area contributed by atoms with E-state index in [1.807, 2.05) is 24.3 Å². The minimum Gasteiger partial charge on any atom is -0.484 e. The third-order valence-electron chi connectivity index (χ3n) is 7.01. The molecule has 1 aliphatic heterocycles. The number of aliphatic hydroxyl groups excluding tert-OH is 1. The summed E-state index contributed by atoms with van der Waals surface area (Å²) < 4.78 is 5.63. The molecule has 0 aliphatic carbocycles. The number of pyridine rings is 1. The van der Waals surface area contributed by atoms with E-state index in [0.717, 1.165) is 50.9 Å². The molecule has 2 atom stereocenters. The number of nitrogens with one attached hydrogen (secondary N) is 3. The Labute approximate surface area is 250 Å². The summed E-state index contributed by atoms with van der Waals surface area (Å²) >= 11 is 5.99. The van der Waals surface area contributed by atoms with Crippen molar-refractivity contribution in [2.24, 2.45) is 0 Å². The number of carbonyl (C=O) groups is 2. The fourth-order valence-electron chi connectivity index (χ4n) is 4.85. The molecule has 224 valence electrons. The van der Waals surface area contributed by atoms with Crippen molar-refractivity contribution in [3.63, 3.8) is 0 Å². The highest BCUT2D eigenvalue weighted by atomic mass is 35.5. The minimum absolute atomic E-state index is 0.000246. The molecule has 1 aromatic carbocycles. The van der Waals surface area contributed by atoms with Gasteiger partial charge in [-0.05, 0) is 68.1 Å². The van der Waals surface area contributed by atoms with Gasteiger partial charge < -0.3 is 36.4 Å². The van der Waals surface area contributed by atoms with Crippen LogP contribution in [0.4, 0.5) is 11.6 Å². The summed E-state index contributed by atoms with van der Waals surface area (Å²) in [6, 6.07) is 10.7. The largest absolute Gasteiger partial charge is 0.484 e. The van der Waals surface area contributed by atoms with Gasteiger partial charge in [0.25, 0.3) is 11.8 Å². The van der Waals surface area contributed by atoms with Crippen molar-refractivity contribution >= 4 is 35.1 Å². The molecule has 42 heavy (non-hydrogen) atoms. The van der Waals surface area contributed by atoms with Crippen LogP contribution in [0.15, 0.2) is 48.8 Å². The van der Waals surface area contributed by atoms with Gasteiger partial charge in [0.1, 0.15) is 5.75 Å². The second-order valence-electron chi connectivity index (χ2n) is 10.1. The Morgan fingerprint density at radius 1 is 1.24 bits per heavy atom. The number of ether oxygens (including phenoxy) is 1. The van der Waals surface area contributed by atoms with E-state index in [4.69, 9.17) is 22.1 Å². The highest BCUT2D eigenvalue weighted by Gasteiger charge is 2.24. The van der Waals surface area contributed by atoms with E-state index in [-0.39, 0.29) is 53.6 Å². The van der Waals surface area contributed by atoms with Gasteiger partial charge in [-0.3, -0.25) is 14.6 Å². The zero-order chi connectivity index (χ0) is 29.9. The average molecular weight is 597 g/mol. The number of rotatable bonds is 13. The first-order valence-electron chi connectivity index (χ1n) is 13.9. The minimum atomic E-state index is -0.535. The average Bonchev–Trinajstić information content (AvgIpc) is 3.01. The van der Waals surface area contributed by atoms with Crippen molar-refractivity contribution < 1.29 is 19.4 Å². The molecule has 13 heteroatoms. The van der Waals surface area contributed by atoms with E-state index in [1.54, 1.807) is 31.6 Å². The predicted molar refractivity (Wildman–Crippen MR) is 160 cm³/mol. The molecule has 3 aromatic rings. The second-order valence-corrected chi connectivity index (χ2v) is 10.4. The molecule has 6 N–H and O–H groups in total. The fourth-order valence-corrected chi connectivity index (χ4v) is 4.98. The van der Waals surface area contributed by atoms with Gasteiger partial charge in [0.05, 0.1) is 12.6 Å². The van der Waals surface area contributed by atoms with E-state index in [0.29, 0.717) is 5.75 Å². The zero-order valence-corrected chi connectivity index (χ0v) is 24.3. The standard InChI is InChI=1S/C29H37ClN8O4/c1-32-28-25(36-26(30)27(31)37-28)29(41)34-21-7-4-14-38(16-21)13-3-5-19-8-10-22(11-9-19)42-18-24(40)35-23(17-39)20-6-2-12-33-15-20/h2,6,8-12,15,21,23,39H,3-5,7,13-14,16-18H2,1H3,(H,34,41)(H,35,40)(H3,31,32,37). The van der Waals surface area contributed by atoms with Gasteiger partial charge >= 0.3 is 0 Å². The molecule has 1 fully saturated rings. The van der Waals surface area contributed by atoms with Gasteiger partial charge in [0, 0.05) is 32.0 Å². The SMILES string of the molecule is CNc1nc(N)c(Cl)nc1C(=O)NC1CCCN(CCCc2ccc(OCC(=O)NC(CO)c3cccnc3)cc2)C1. The highest BCUT2D eigenvalue weighted by Crippen LogP contribution is 2.20. The second kappa shape index (κ2) is 15.3. The summed E-state index contributed by atoms with van der Waals surface area (Å²) in [5.41, 5.74) is 7.73. The van der Waals surface area contributed by atoms with Crippen molar-refractivity contribution in [3.05, 3.63) is 70.8 Å². The molecular formula is C29H37ClN8O4. The van der Waals surface area contributed by atoms with E-state index in [2.05, 4.69) is 35.8 Å². The molecule has 0 spiro atoms. The maximum atomic E-state index is 12.9. The molecule has 12 nitrogen and oxygen atoms in total. The van der Waals surface area contributed by atoms with Crippen molar-refractivity contribution in [3.8, 4) is 5.75 Å². The molecule has 2 aromatic heterocycles. The molecular weight excluding hydrogens is 560 g/mol. The molecule has 1 aliphatic rings. The molecule has 2 amide bonds. The molecule has 3 heterocycles. The van der Waals surface area contributed by atoms with Crippen molar-refractivity contribution in [2.75, 3.05) is 50.9 Å². The van der Waals surface area contributed by atoms with Crippen molar-refractivity contribution in [2.45, 2.75) is 37.8 Å². The summed E-state index contributed by atoms with van der Waals surface area (Å²) in [4.78, 5) is 39.8. The van der Waals surface area contributed by atoms with Gasteiger partial charge in [-0.2, -0.15) is 0 Å². The lowest BCUT2D eigenvalue weighted by Gasteiger charge is -2.33. The maximum absolute atomic E-state index is 12.9. The number of hydrogen-bond donors (Lipinski definition) is 5. The van der Waals surface area contributed by atoms with Gasteiger partial charge in [-0.1, -0.05) is 29.8 Å². The van der Waals surface area contributed by atoms with E-state index < -0.39 is 6.04 Å². The van der Waals surface area contributed by atoms with Crippen LogP contribution in [0.1, 0.15) is 46.9 Å². The Balaban J connectivity index is 1.18. The number of amides is 2. The summed E-state index contributed by atoms with van der Waals surface area (Å²) in [7, 11) is 1.65. The quantitative estimate of drug-likeness (QED) is 0.197. The fraction of sp³-hybridized carbons (Fsp3) is 0.414. The Bertz CT molecular complexity index is 1330. The maximum Gasteiger partial charge on any atom is 0.274 e. The number of aromatic nitrogens is 3. The third kappa shape index (κ3) is 8.75. The molecule has 0 saturated carbocycles. The molecule has 0 radical (unpaired) electrons. The first-order chi connectivity index (χ1) is 20.4. The molecule has 0 bridgehead atoms. The van der Waals surface area contributed by atoms with Crippen LogP contribution in [-0.4, -0.2) is 82.7 Å². The summed E-state index contributed by atoms with van der Waals surface area (Å²) in [6.07, 6.45) is 6.97. The van der Waals surface area contributed by atoms with Crippen LogP contribution in [-0.2, 0) is 11.2 Å². The number of carbonyl (C=O) groups excluding carboxylic acids is 2. The van der Waals surface area contributed by atoms with Gasteiger partial charge in [0.2, 0.25) is 0 Å². The number of aliphatic hydroxyl groups is 1. The zero-order valence-electron chi connectivity index (χ0n) is 23.6. The molecule has 2 unspecified atom stereocenters. The lowest BCUT2D eigenvalue weighted by atomic mass is 10.0. The van der Waals surface area contributed by atoms with Crippen LogP contribution < -0.4 is 26.4 Å². The van der Waals surface area contributed by atoms with Crippen LogP contribution in [0, 0.1) is 0 Å². The van der Waals surface area contributed by atoms with Crippen LogP contribution >= 0.6 is 11.6 Å². The number of nitrogens with two attached hydrogens (primary N) is 1. The lowest BCUT2D eigenvalue weighted by molar-refractivity contribution is -0.124. The van der Waals surface area contributed by atoms with Gasteiger partial charge in [-0.15, -0.1) is 0 Å². The van der Waals surface area contributed by atoms with Crippen molar-refractivity contribution in [1.82, 2.24) is 30.5 Å². The number of halogens is 1. The number of anilines is 2. The Morgan fingerprint density at radius 3 is 2.76 bits per heavy atom. The third-order valence-corrected chi connectivity index (χ3v) is 7.29. The van der Waals surface area contributed by atoms with Gasteiger partial charge in [-0.25, -0.2) is 9.97 Å². The normalized spacial score (nSPS) is 15.9. The number of hydrogen-bond acceptors (Lipinski definition) is 10. The van der Waals surface area contributed by atoms with E-state index in [9.17, 15) is 14.7 Å². The Kier molecular flexibility index (Phi) is 11.3. The first-order valence-corrected chi connectivity index (χ1v) is 14.3. The number of piperidine rings is 1. The summed E-state index contributed by atoms with van der Waals surface area (Å²) in [6.45, 7) is 2.25. The topological polar surface area (TPSA) is 168 Å². The van der Waals surface area contributed by atoms with E-state index >= 15 is 0 Å². The number of likely N-dealkylation sites (tertiary alicyclic amines) is 1. The number of nitrogen functional groups attached to an aromatic ring is 1. The van der Waals surface area contributed by atoms with Crippen LogP contribution in [0.5, 0.6) is 5.75 Å². The Hall–Kier alpha value is -4.00. The summed E-state index contributed by atoms with van der Waals surface area (Å²) in [5, 5.41) is 18.3. The van der Waals surface area contributed by atoms with Crippen LogP contribution in [0.2, 0.25) is 5.15 Å². The van der Waals surface area contributed by atoms with Gasteiger partial charge in [0.15, 0.2) is 29.1 Å². The predicted octanol–water partition coefficient (Wildman–Crippen LogP) is 2.20. The number of nitrogens with zero attached hydrogens (tertiary/aromatic N) is 4. The van der Waals surface area contributed by atoms with Crippen LogP contribution in [0.3, 0.4) is 0 Å². The van der Waals surface area contributed by atoms with Crippen molar-refractivity contribution in [1.29, 1.82) is 0 Å². The smallest absolute Gasteiger partial charge is 0.274 e. The molecule has 1 saturated heterocycles. The molecule has 4 rings (SSSR count). The highest BCUT2D eigenvalue weighted by molar-refractivity contribution is 6.31. The monoisotopic (exact) mass is 596 g/mol. The van der Waals surface area contributed by atoms with Crippen LogP contribution in [0.25, 0.3) is 0 Å². The Morgan fingerprint density at radius 2 is 2.05 bits per heavy atom. The number of benzene rings is 1. The lowest BCUT2D eigenvalue weighted by Crippen LogP contribution is -2.48. The van der Waals surface area contributed by atoms with E-state index in [1.165, 1.54) is 5.56 Å².